The zero-order chi connectivity index (χ0) is 17.8. The number of imidazole rings is 2. The highest BCUT2D eigenvalue weighted by atomic mass is 16.1. The van der Waals surface area contributed by atoms with E-state index < -0.39 is 0 Å². The molecule has 26 heavy (non-hydrogen) atoms. The van der Waals surface area contributed by atoms with Crippen LogP contribution < -0.4 is 16.6 Å². The molecule has 0 radical (unpaired) electrons. The highest BCUT2D eigenvalue weighted by Crippen LogP contribution is 2.21. The largest absolute Gasteiger partial charge is 0.369 e. The van der Waals surface area contributed by atoms with Gasteiger partial charge in [0, 0.05) is 6.20 Å². The molecule has 5 heterocycles. The molecule has 10 nitrogen and oxygen atoms in total. The number of H-pyrrole nitrogens is 2. The number of nitrogen functional groups attached to an aromatic ring is 1. The minimum Gasteiger partial charge on any atom is -0.369 e. The molecule has 0 atom stereocenters. The van der Waals surface area contributed by atoms with Gasteiger partial charge >= 0.3 is 0 Å². The summed E-state index contributed by atoms with van der Waals surface area (Å²) in [5, 5.41) is 3.05. The van der Waals surface area contributed by atoms with E-state index in [-0.39, 0.29) is 22.7 Å². The van der Waals surface area contributed by atoms with Crippen LogP contribution >= 0.6 is 0 Å². The molecule has 0 bridgehead atoms. The van der Waals surface area contributed by atoms with Crippen molar-refractivity contribution in [2.24, 2.45) is 0 Å². The van der Waals surface area contributed by atoms with Crippen molar-refractivity contribution in [3.63, 3.8) is 0 Å². The van der Waals surface area contributed by atoms with Gasteiger partial charge in [-0.2, -0.15) is 9.97 Å². The maximum Gasteiger partial charge on any atom is 0.278 e. The lowest BCUT2D eigenvalue weighted by Gasteiger charge is -2.02. The Morgan fingerprint density at radius 3 is 2.85 bits per heavy atom. The van der Waals surface area contributed by atoms with Crippen molar-refractivity contribution in [1.82, 2.24) is 34.3 Å². The third-order valence-corrected chi connectivity index (χ3v) is 4.10. The first-order chi connectivity index (χ1) is 12.6. The first-order valence-electron chi connectivity index (χ1n) is 7.85. The predicted molar refractivity (Wildman–Crippen MR) is 97.4 cm³/mol. The fourth-order valence-electron chi connectivity index (χ4n) is 2.92. The first-order valence-corrected chi connectivity index (χ1v) is 7.85. The number of aromatic nitrogens is 7. The summed E-state index contributed by atoms with van der Waals surface area (Å²) in [5.41, 5.74) is 9.09. The minimum absolute atomic E-state index is 0.0150. The average Bonchev–Trinajstić information content (AvgIpc) is 3.17. The summed E-state index contributed by atoms with van der Waals surface area (Å²) < 4.78 is 1.93. The van der Waals surface area contributed by atoms with E-state index in [1.807, 2.05) is 35.7 Å². The second-order valence-corrected chi connectivity index (χ2v) is 5.90. The quantitative estimate of drug-likeness (QED) is 0.379. The van der Waals surface area contributed by atoms with Crippen molar-refractivity contribution in [3.8, 4) is 0 Å². The zero-order valence-electron chi connectivity index (χ0n) is 13.6. The Bertz CT molecular complexity index is 1360. The third-order valence-electron chi connectivity index (χ3n) is 4.10. The molecule has 0 aliphatic rings. The van der Waals surface area contributed by atoms with Gasteiger partial charge in [-0.3, -0.25) is 14.2 Å². The van der Waals surface area contributed by atoms with Crippen molar-refractivity contribution < 1.29 is 0 Å². The minimum atomic E-state index is -0.381. The van der Waals surface area contributed by atoms with Crippen molar-refractivity contribution in [3.05, 3.63) is 46.4 Å². The lowest BCUT2D eigenvalue weighted by Crippen LogP contribution is -2.10. The van der Waals surface area contributed by atoms with Crippen molar-refractivity contribution >= 4 is 45.7 Å². The molecule has 5 aromatic heterocycles. The molecule has 0 fully saturated rings. The van der Waals surface area contributed by atoms with Gasteiger partial charge in [-0.05, 0) is 30.7 Å². The van der Waals surface area contributed by atoms with Crippen LogP contribution in [0, 0.1) is 6.92 Å². The number of aromatic amines is 2. The van der Waals surface area contributed by atoms with Gasteiger partial charge in [-0.25, -0.2) is 9.97 Å². The van der Waals surface area contributed by atoms with Gasteiger partial charge < -0.3 is 16.0 Å². The lowest BCUT2D eigenvalue weighted by atomic mass is 10.3. The molecule has 0 aliphatic carbocycles. The highest BCUT2D eigenvalue weighted by Gasteiger charge is 2.11. The summed E-state index contributed by atoms with van der Waals surface area (Å²) in [6, 6.07) is 7.63. The van der Waals surface area contributed by atoms with Crippen molar-refractivity contribution in [2.75, 3.05) is 11.1 Å². The van der Waals surface area contributed by atoms with E-state index in [0.717, 1.165) is 22.4 Å². The van der Waals surface area contributed by atoms with Crippen LogP contribution in [0.1, 0.15) is 5.56 Å². The summed E-state index contributed by atoms with van der Waals surface area (Å²) in [6.07, 6.45) is 1.92. The topological polar surface area (TPSA) is 143 Å². The van der Waals surface area contributed by atoms with E-state index in [0.29, 0.717) is 11.8 Å². The Labute approximate surface area is 145 Å². The van der Waals surface area contributed by atoms with Crippen LogP contribution in [0.5, 0.6) is 0 Å². The van der Waals surface area contributed by atoms with Gasteiger partial charge in [0.1, 0.15) is 17.0 Å². The molecular formula is C16H13N9O. The van der Waals surface area contributed by atoms with Crippen LogP contribution in [0.4, 0.5) is 17.7 Å². The highest BCUT2D eigenvalue weighted by molar-refractivity contribution is 5.80. The number of nitrogens with zero attached hydrogens (tertiary/aromatic N) is 5. The van der Waals surface area contributed by atoms with E-state index in [4.69, 9.17) is 5.73 Å². The number of hydrogen-bond acceptors (Lipinski definition) is 7. The zero-order valence-corrected chi connectivity index (χ0v) is 13.6. The van der Waals surface area contributed by atoms with Crippen LogP contribution in [-0.4, -0.2) is 34.3 Å². The van der Waals surface area contributed by atoms with Crippen molar-refractivity contribution in [1.29, 1.82) is 0 Å². The molecule has 0 unspecified atom stereocenters. The monoisotopic (exact) mass is 347 g/mol. The summed E-state index contributed by atoms with van der Waals surface area (Å²) in [4.78, 5) is 34.6. The van der Waals surface area contributed by atoms with E-state index in [1.165, 1.54) is 0 Å². The van der Waals surface area contributed by atoms with E-state index in [2.05, 4.69) is 35.2 Å². The van der Waals surface area contributed by atoms with Gasteiger partial charge in [0.25, 0.3) is 5.56 Å². The molecule has 10 heteroatoms. The Hall–Kier alpha value is -3.95. The number of aryl methyl sites for hydroxylation is 1. The fourth-order valence-corrected chi connectivity index (χ4v) is 2.92. The second kappa shape index (κ2) is 5.02. The Kier molecular flexibility index (Phi) is 2.78. The SMILES string of the molecule is Cc1cccn2c1nc1ccc(Nc3nc4nc(N)[nH]c(=O)c4[nH]3)nc12. The van der Waals surface area contributed by atoms with Crippen LogP contribution in [0.3, 0.4) is 0 Å². The van der Waals surface area contributed by atoms with Gasteiger partial charge in [-0.15, -0.1) is 0 Å². The van der Waals surface area contributed by atoms with Gasteiger partial charge in [-0.1, -0.05) is 6.07 Å². The molecule has 0 spiro atoms. The van der Waals surface area contributed by atoms with Gasteiger partial charge in [0.2, 0.25) is 11.9 Å². The molecular weight excluding hydrogens is 334 g/mol. The molecule has 0 aromatic carbocycles. The number of rotatable bonds is 2. The maximum absolute atomic E-state index is 11.9. The molecule has 5 aromatic rings. The van der Waals surface area contributed by atoms with Crippen LogP contribution in [-0.2, 0) is 0 Å². The summed E-state index contributed by atoms with van der Waals surface area (Å²) >= 11 is 0. The third kappa shape index (κ3) is 2.09. The lowest BCUT2D eigenvalue weighted by molar-refractivity contribution is 1.16. The normalized spacial score (nSPS) is 11.6. The predicted octanol–water partition coefficient (Wildman–Crippen LogP) is 1.48. The van der Waals surface area contributed by atoms with Crippen LogP contribution in [0.15, 0.2) is 35.3 Å². The molecule has 5 N–H and O–H groups in total. The number of hydrogen-bond donors (Lipinski definition) is 4. The van der Waals surface area contributed by atoms with Gasteiger partial charge in [0.05, 0.1) is 0 Å². The van der Waals surface area contributed by atoms with E-state index in [9.17, 15) is 4.79 Å². The summed E-state index contributed by atoms with van der Waals surface area (Å²) in [6.45, 7) is 2.00. The van der Waals surface area contributed by atoms with E-state index in [1.54, 1.807) is 6.07 Å². The van der Waals surface area contributed by atoms with Crippen LogP contribution in [0.2, 0.25) is 0 Å². The van der Waals surface area contributed by atoms with Crippen molar-refractivity contribution in [2.45, 2.75) is 6.92 Å². The summed E-state index contributed by atoms with van der Waals surface area (Å²) in [7, 11) is 0. The average molecular weight is 347 g/mol. The Balaban J connectivity index is 1.61. The number of nitrogens with one attached hydrogen (secondary N) is 3. The van der Waals surface area contributed by atoms with Crippen LogP contribution in [0.25, 0.3) is 28.0 Å². The molecule has 0 saturated carbocycles. The molecule has 0 aliphatic heterocycles. The Morgan fingerprint density at radius 1 is 1.08 bits per heavy atom. The molecule has 0 saturated heterocycles. The second-order valence-electron chi connectivity index (χ2n) is 5.90. The number of anilines is 3. The molecule has 128 valence electrons. The Morgan fingerprint density at radius 2 is 1.96 bits per heavy atom. The van der Waals surface area contributed by atoms with E-state index >= 15 is 0 Å². The first kappa shape index (κ1) is 14.4. The molecule has 0 amide bonds. The fraction of sp³-hybridized carbons (Fsp3) is 0.0625. The smallest absolute Gasteiger partial charge is 0.278 e. The number of pyridine rings is 2. The number of fused-ring (bicyclic) bond motifs is 4. The van der Waals surface area contributed by atoms with Gasteiger partial charge in [0.15, 0.2) is 16.8 Å². The standard InChI is InChI=1S/C16H13N9O/c1-7-3-2-6-25-12(7)18-8-4-5-9(19-13(8)25)20-16-21-10-11(23-16)22-15(17)24-14(10)26/h2-6H,1H3,(H5,17,19,20,21,22,23,24,26). The maximum atomic E-state index is 11.9. The molecule has 5 rings (SSSR count). The number of nitrogens with two attached hydrogens (primary N) is 1. The summed E-state index contributed by atoms with van der Waals surface area (Å²) in [5.74, 6) is 0.922.